The van der Waals surface area contributed by atoms with Crippen molar-refractivity contribution in [3.8, 4) is 5.75 Å². The molecule has 0 radical (unpaired) electrons. The zero-order valence-corrected chi connectivity index (χ0v) is 17.7. The summed E-state index contributed by atoms with van der Waals surface area (Å²) in [5.74, 6) is 0.0139. The second-order valence-corrected chi connectivity index (χ2v) is 7.60. The number of nitrogens with one attached hydrogen (secondary N) is 1. The number of hydroxylamine groups is 1. The Kier molecular flexibility index (Phi) is 6.33. The first kappa shape index (κ1) is 21.3. The van der Waals surface area contributed by atoms with Gasteiger partial charge in [0, 0.05) is 24.2 Å². The van der Waals surface area contributed by atoms with E-state index in [2.05, 4.69) is 0 Å². The molecule has 2 N–H and O–H groups in total. The van der Waals surface area contributed by atoms with Crippen molar-refractivity contribution in [1.82, 2.24) is 10.4 Å². The standard InChI is InChI=1S/C26H24N2O4/c1-32-23-9-5-8-20(16-23)24(14-18-6-3-2-4-7-18)26(30)28-13-12-19-10-11-21(25(29)27-31)15-22(19)17-28/h2-11,14-16,31H,12-13,17H2,1H3,(H,27,29)/b24-14-. The highest BCUT2D eigenvalue weighted by atomic mass is 16.5. The van der Waals surface area contributed by atoms with Crippen molar-refractivity contribution in [3.05, 3.63) is 101 Å². The number of carbonyl (C=O) groups excluding carboxylic acids is 2. The molecule has 0 spiro atoms. The maximum atomic E-state index is 13.7. The zero-order chi connectivity index (χ0) is 22.5. The Morgan fingerprint density at radius 3 is 2.53 bits per heavy atom. The number of benzene rings is 3. The highest BCUT2D eigenvalue weighted by Crippen LogP contribution is 2.28. The van der Waals surface area contributed by atoms with Crippen LogP contribution in [0.1, 0.15) is 32.6 Å². The number of amides is 2. The molecule has 0 aromatic heterocycles. The van der Waals surface area contributed by atoms with Gasteiger partial charge in [0.05, 0.1) is 7.11 Å². The summed E-state index contributed by atoms with van der Waals surface area (Å²) in [5.41, 5.74) is 6.28. The Hall–Kier alpha value is -3.90. The summed E-state index contributed by atoms with van der Waals surface area (Å²) in [7, 11) is 1.60. The second kappa shape index (κ2) is 9.49. The van der Waals surface area contributed by atoms with E-state index in [4.69, 9.17) is 9.94 Å². The third-order valence-electron chi connectivity index (χ3n) is 5.59. The quantitative estimate of drug-likeness (QED) is 0.279. The van der Waals surface area contributed by atoms with Crippen LogP contribution in [0.5, 0.6) is 5.75 Å². The molecule has 1 aliphatic heterocycles. The molecule has 0 fully saturated rings. The molecule has 162 valence electrons. The molecule has 1 heterocycles. The average molecular weight is 428 g/mol. The third-order valence-corrected chi connectivity index (χ3v) is 5.59. The van der Waals surface area contributed by atoms with Crippen LogP contribution in [0.2, 0.25) is 0 Å². The van der Waals surface area contributed by atoms with Crippen molar-refractivity contribution < 1.29 is 19.5 Å². The van der Waals surface area contributed by atoms with E-state index in [1.165, 1.54) is 0 Å². The van der Waals surface area contributed by atoms with Gasteiger partial charge in [0.2, 0.25) is 0 Å². The predicted molar refractivity (Wildman–Crippen MR) is 122 cm³/mol. The normalized spacial score (nSPS) is 13.3. The summed E-state index contributed by atoms with van der Waals surface area (Å²) in [6, 6.07) is 22.5. The minimum Gasteiger partial charge on any atom is -0.497 e. The van der Waals surface area contributed by atoms with Crippen LogP contribution in [0.15, 0.2) is 72.8 Å². The number of carbonyl (C=O) groups is 2. The summed E-state index contributed by atoms with van der Waals surface area (Å²) in [6.45, 7) is 0.963. The summed E-state index contributed by atoms with van der Waals surface area (Å²) in [5, 5.41) is 8.93. The largest absolute Gasteiger partial charge is 0.497 e. The van der Waals surface area contributed by atoms with Crippen molar-refractivity contribution >= 4 is 23.5 Å². The van der Waals surface area contributed by atoms with Gasteiger partial charge in [-0.2, -0.15) is 0 Å². The maximum absolute atomic E-state index is 13.7. The van der Waals surface area contributed by atoms with Crippen molar-refractivity contribution in [2.24, 2.45) is 0 Å². The lowest BCUT2D eigenvalue weighted by molar-refractivity contribution is -0.125. The molecule has 0 unspecified atom stereocenters. The first-order valence-corrected chi connectivity index (χ1v) is 10.4. The first-order valence-electron chi connectivity index (χ1n) is 10.4. The summed E-state index contributed by atoms with van der Waals surface area (Å²) < 4.78 is 5.36. The smallest absolute Gasteiger partial charge is 0.274 e. The molecule has 0 atom stereocenters. The molecule has 0 saturated heterocycles. The van der Waals surface area contributed by atoms with Crippen LogP contribution in [0.4, 0.5) is 0 Å². The SMILES string of the molecule is COc1cccc(/C(=C/c2ccccc2)C(=O)N2CCc3ccc(C(=O)NO)cc3C2)c1. The number of rotatable bonds is 5. The van der Waals surface area contributed by atoms with Gasteiger partial charge < -0.3 is 9.64 Å². The van der Waals surface area contributed by atoms with Crippen molar-refractivity contribution in [2.45, 2.75) is 13.0 Å². The van der Waals surface area contributed by atoms with E-state index in [1.54, 1.807) is 29.6 Å². The van der Waals surface area contributed by atoms with Gasteiger partial charge in [-0.15, -0.1) is 0 Å². The fraction of sp³-hybridized carbons (Fsp3) is 0.154. The number of nitrogens with zero attached hydrogens (tertiary/aromatic N) is 1. The lowest BCUT2D eigenvalue weighted by Gasteiger charge is -2.30. The number of fused-ring (bicyclic) bond motifs is 1. The van der Waals surface area contributed by atoms with Gasteiger partial charge in [0.25, 0.3) is 11.8 Å². The Labute approximate surface area is 186 Å². The molecule has 0 bridgehead atoms. The topological polar surface area (TPSA) is 78.9 Å². The minimum absolute atomic E-state index is 0.0928. The molecular weight excluding hydrogens is 404 g/mol. The lowest BCUT2D eigenvalue weighted by Crippen LogP contribution is -2.36. The van der Waals surface area contributed by atoms with Crippen molar-refractivity contribution in [2.75, 3.05) is 13.7 Å². The van der Waals surface area contributed by atoms with Gasteiger partial charge in [-0.1, -0.05) is 48.5 Å². The molecule has 0 aliphatic carbocycles. The molecule has 4 rings (SSSR count). The lowest BCUT2D eigenvalue weighted by atomic mass is 9.95. The number of methoxy groups -OCH3 is 1. The molecule has 6 nitrogen and oxygen atoms in total. The van der Waals surface area contributed by atoms with Gasteiger partial charge in [-0.05, 0) is 59.0 Å². The second-order valence-electron chi connectivity index (χ2n) is 7.60. The third kappa shape index (κ3) is 4.55. The highest BCUT2D eigenvalue weighted by molar-refractivity contribution is 6.24. The van der Waals surface area contributed by atoms with E-state index in [-0.39, 0.29) is 5.91 Å². The summed E-state index contributed by atoms with van der Waals surface area (Å²) in [4.78, 5) is 27.3. The van der Waals surface area contributed by atoms with E-state index in [9.17, 15) is 9.59 Å². The Morgan fingerprint density at radius 1 is 0.969 bits per heavy atom. The van der Waals surface area contributed by atoms with Crippen LogP contribution in [-0.4, -0.2) is 35.6 Å². The monoisotopic (exact) mass is 428 g/mol. The fourth-order valence-electron chi connectivity index (χ4n) is 3.88. The van der Waals surface area contributed by atoms with Gasteiger partial charge in [0.1, 0.15) is 5.75 Å². The summed E-state index contributed by atoms with van der Waals surface area (Å²) in [6.07, 6.45) is 2.58. The Bertz CT molecular complexity index is 1170. The van der Waals surface area contributed by atoms with Gasteiger partial charge in [0.15, 0.2) is 0 Å². The van der Waals surface area contributed by atoms with Crippen LogP contribution in [0.25, 0.3) is 11.6 Å². The predicted octanol–water partition coefficient (Wildman–Crippen LogP) is 3.94. The van der Waals surface area contributed by atoms with E-state index in [1.807, 2.05) is 66.7 Å². The molecule has 1 aliphatic rings. The fourth-order valence-corrected chi connectivity index (χ4v) is 3.88. The van der Waals surface area contributed by atoms with E-state index in [0.717, 1.165) is 22.3 Å². The molecular formula is C26H24N2O4. The first-order chi connectivity index (χ1) is 15.6. The van der Waals surface area contributed by atoms with Crippen LogP contribution >= 0.6 is 0 Å². The van der Waals surface area contributed by atoms with Crippen LogP contribution in [0.3, 0.4) is 0 Å². The van der Waals surface area contributed by atoms with Gasteiger partial charge in [-0.3, -0.25) is 14.8 Å². The number of hydrogen-bond donors (Lipinski definition) is 2. The maximum Gasteiger partial charge on any atom is 0.274 e. The van der Waals surface area contributed by atoms with Gasteiger partial charge in [-0.25, -0.2) is 5.48 Å². The van der Waals surface area contributed by atoms with Crippen LogP contribution in [-0.2, 0) is 17.8 Å². The number of ether oxygens (including phenoxy) is 1. The molecule has 3 aromatic carbocycles. The van der Waals surface area contributed by atoms with E-state index < -0.39 is 5.91 Å². The molecule has 32 heavy (non-hydrogen) atoms. The van der Waals surface area contributed by atoms with Crippen molar-refractivity contribution in [1.29, 1.82) is 0 Å². The Balaban J connectivity index is 1.69. The van der Waals surface area contributed by atoms with Crippen molar-refractivity contribution in [3.63, 3.8) is 0 Å². The molecule has 3 aromatic rings. The molecule has 2 amide bonds. The number of hydrogen-bond acceptors (Lipinski definition) is 4. The average Bonchev–Trinajstić information content (AvgIpc) is 2.86. The zero-order valence-electron chi connectivity index (χ0n) is 17.7. The minimum atomic E-state index is -0.572. The highest BCUT2D eigenvalue weighted by Gasteiger charge is 2.25. The van der Waals surface area contributed by atoms with E-state index in [0.29, 0.717) is 36.4 Å². The molecule has 0 saturated carbocycles. The van der Waals surface area contributed by atoms with Crippen LogP contribution < -0.4 is 10.2 Å². The van der Waals surface area contributed by atoms with E-state index >= 15 is 0 Å². The van der Waals surface area contributed by atoms with Gasteiger partial charge >= 0.3 is 0 Å². The Morgan fingerprint density at radius 2 is 1.78 bits per heavy atom. The molecule has 6 heteroatoms. The summed E-state index contributed by atoms with van der Waals surface area (Å²) >= 11 is 0. The van der Waals surface area contributed by atoms with Crippen LogP contribution in [0, 0.1) is 0 Å².